The third kappa shape index (κ3) is 5.62. The zero-order chi connectivity index (χ0) is 13.7. The van der Waals surface area contributed by atoms with Crippen molar-refractivity contribution in [2.45, 2.75) is 46.2 Å². The molecule has 0 spiro atoms. The molecule has 0 saturated heterocycles. The van der Waals surface area contributed by atoms with Crippen molar-refractivity contribution < 1.29 is 4.79 Å². The molecule has 3 N–H and O–H groups in total. The Kier molecular flexibility index (Phi) is 7.72. The molecule has 3 nitrogen and oxygen atoms in total. The van der Waals surface area contributed by atoms with Crippen molar-refractivity contribution in [3.05, 3.63) is 35.4 Å². The summed E-state index contributed by atoms with van der Waals surface area (Å²) < 4.78 is 0. The van der Waals surface area contributed by atoms with Crippen molar-refractivity contribution >= 4 is 18.3 Å². The predicted molar refractivity (Wildman–Crippen MR) is 82.5 cm³/mol. The molecular formula is C15H25ClN2O. The molecule has 108 valence electrons. The van der Waals surface area contributed by atoms with E-state index in [0.717, 1.165) is 6.42 Å². The minimum Gasteiger partial charge on any atom is -0.352 e. The van der Waals surface area contributed by atoms with E-state index in [1.807, 2.05) is 32.9 Å². The maximum atomic E-state index is 11.8. The van der Waals surface area contributed by atoms with Gasteiger partial charge in [-0.25, -0.2) is 0 Å². The molecule has 0 radical (unpaired) electrons. The van der Waals surface area contributed by atoms with Crippen molar-refractivity contribution in [2.75, 3.05) is 0 Å². The number of carbonyl (C=O) groups excluding carboxylic acids is 1. The smallest absolute Gasteiger partial charge is 0.237 e. The predicted octanol–water partition coefficient (Wildman–Crippen LogP) is 2.45. The summed E-state index contributed by atoms with van der Waals surface area (Å²) in [5.74, 6) is 0.0988. The van der Waals surface area contributed by atoms with E-state index in [1.54, 1.807) is 0 Å². The lowest BCUT2D eigenvalue weighted by Crippen LogP contribution is -2.47. The second kappa shape index (κ2) is 8.18. The molecule has 0 saturated carbocycles. The van der Waals surface area contributed by atoms with E-state index in [0.29, 0.717) is 0 Å². The quantitative estimate of drug-likeness (QED) is 0.873. The SMILES string of the molecule is Cc1ccccc1CC(C)NC(=O)[C@H](N)C(C)C.Cl. The van der Waals surface area contributed by atoms with Gasteiger partial charge in [0.05, 0.1) is 6.04 Å². The summed E-state index contributed by atoms with van der Waals surface area (Å²) in [7, 11) is 0. The Morgan fingerprint density at radius 3 is 2.37 bits per heavy atom. The number of nitrogens with one attached hydrogen (secondary N) is 1. The summed E-state index contributed by atoms with van der Waals surface area (Å²) >= 11 is 0. The van der Waals surface area contributed by atoms with E-state index in [9.17, 15) is 4.79 Å². The minimum atomic E-state index is -0.427. The highest BCUT2D eigenvalue weighted by atomic mass is 35.5. The molecule has 1 aromatic carbocycles. The third-order valence-corrected chi connectivity index (χ3v) is 3.20. The normalized spacial score (nSPS) is 13.6. The first-order chi connectivity index (χ1) is 8.41. The summed E-state index contributed by atoms with van der Waals surface area (Å²) in [5.41, 5.74) is 8.34. The van der Waals surface area contributed by atoms with Crippen molar-refractivity contribution in [3.8, 4) is 0 Å². The average molecular weight is 285 g/mol. The molecule has 0 heterocycles. The molecule has 1 aromatic rings. The summed E-state index contributed by atoms with van der Waals surface area (Å²) in [5, 5.41) is 2.97. The van der Waals surface area contributed by atoms with E-state index in [2.05, 4.69) is 24.4 Å². The van der Waals surface area contributed by atoms with Gasteiger partial charge >= 0.3 is 0 Å². The van der Waals surface area contributed by atoms with E-state index in [4.69, 9.17) is 5.73 Å². The summed E-state index contributed by atoms with van der Waals surface area (Å²) in [6.45, 7) is 8.01. The lowest BCUT2D eigenvalue weighted by Gasteiger charge is -2.20. The second-order valence-corrected chi connectivity index (χ2v) is 5.31. The van der Waals surface area contributed by atoms with Gasteiger partial charge in [-0.05, 0) is 37.3 Å². The first kappa shape index (κ1) is 17.9. The molecule has 1 amide bonds. The molecular weight excluding hydrogens is 260 g/mol. The molecule has 4 heteroatoms. The van der Waals surface area contributed by atoms with Crippen molar-refractivity contribution in [1.29, 1.82) is 0 Å². The minimum absolute atomic E-state index is 0. The number of halogens is 1. The molecule has 2 atom stereocenters. The van der Waals surface area contributed by atoms with Gasteiger partial charge in [0, 0.05) is 6.04 Å². The van der Waals surface area contributed by atoms with Crippen LogP contribution in [0.1, 0.15) is 31.9 Å². The van der Waals surface area contributed by atoms with Gasteiger partial charge in [-0.2, -0.15) is 0 Å². The van der Waals surface area contributed by atoms with Crippen LogP contribution in [0.2, 0.25) is 0 Å². The lowest BCUT2D eigenvalue weighted by atomic mass is 10.0. The summed E-state index contributed by atoms with van der Waals surface area (Å²) in [6.07, 6.45) is 0.837. The first-order valence-corrected chi connectivity index (χ1v) is 6.52. The molecule has 0 fully saturated rings. The number of amides is 1. The Morgan fingerprint density at radius 1 is 1.26 bits per heavy atom. The van der Waals surface area contributed by atoms with Crippen LogP contribution in [0.4, 0.5) is 0 Å². The van der Waals surface area contributed by atoms with E-state index in [-0.39, 0.29) is 30.3 Å². The maximum absolute atomic E-state index is 11.8. The number of nitrogens with two attached hydrogens (primary N) is 1. The Bertz CT molecular complexity index is 407. The van der Waals surface area contributed by atoms with Crippen LogP contribution in [0.15, 0.2) is 24.3 Å². The van der Waals surface area contributed by atoms with Crippen LogP contribution in [-0.4, -0.2) is 18.0 Å². The highest BCUT2D eigenvalue weighted by molar-refractivity contribution is 5.85. The number of hydrogen-bond acceptors (Lipinski definition) is 2. The molecule has 0 aliphatic rings. The van der Waals surface area contributed by atoms with Crippen LogP contribution in [0, 0.1) is 12.8 Å². The summed E-state index contributed by atoms with van der Waals surface area (Å²) in [6, 6.07) is 7.91. The van der Waals surface area contributed by atoms with Crippen LogP contribution in [-0.2, 0) is 11.2 Å². The van der Waals surface area contributed by atoms with Gasteiger partial charge in [-0.15, -0.1) is 12.4 Å². The molecule has 1 unspecified atom stereocenters. The molecule has 0 aliphatic heterocycles. The fraction of sp³-hybridized carbons (Fsp3) is 0.533. The molecule has 0 aliphatic carbocycles. The zero-order valence-corrected chi connectivity index (χ0v) is 13.0. The van der Waals surface area contributed by atoms with Gasteiger partial charge in [0.2, 0.25) is 5.91 Å². The molecule has 1 rings (SSSR count). The Labute approximate surface area is 122 Å². The Balaban J connectivity index is 0.00000324. The topological polar surface area (TPSA) is 55.1 Å². The van der Waals surface area contributed by atoms with Gasteiger partial charge in [0.25, 0.3) is 0 Å². The monoisotopic (exact) mass is 284 g/mol. The Hall–Kier alpha value is -1.06. The molecule has 0 aromatic heterocycles. The van der Waals surface area contributed by atoms with Crippen LogP contribution in [0.3, 0.4) is 0 Å². The van der Waals surface area contributed by atoms with Crippen LogP contribution in [0.5, 0.6) is 0 Å². The Morgan fingerprint density at radius 2 is 1.84 bits per heavy atom. The largest absolute Gasteiger partial charge is 0.352 e. The van der Waals surface area contributed by atoms with Gasteiger partial charge in [-0.1, -0.05) is 38.1 Å². The fourth-order valence-electron chi connectivity index (χ4n) is 1.86. The second-order valence-electron chi connectivity index (χ2n) is 5.31. The van der Waals surface area contributed by atoms with Gasteiger partial charge in [0.1, 0.15) is 0 Å². The van der Waals surface area contributed by atoms with E-state index >= 15 is 0 Å². The fourth-order valence-corrected chi connectivity index (χ4v) is 1.86. The van der Waals surface area contributed by atoms with Gasteiger partial charge < -0.3 is 11.1 Å². The highest BCUT2D eigenvalue weighted by Crippen LogP contribution is 2.10. The zero-order valence-electron chi connectivity index (χ0n) is 12.1. The lowest BCUT2D eigenvalue weighted by molar-refractivity contribution is -0.123. The van der Waals surface area contributed by atoms with Crippen molar-refractivity contribution in [2.24, 2.45) is 11.7 Å². The van der Waals surface area contributed by atoms with Crippen LogP contribution < -0.4 is 11.1 Å². The average Bonchev–Trinajstić information content (AvgIpc) is 2.30. The van der Waals surface area contributed by atoms with Gasteiger partial charge in [0.15, 0.2) is 0 Å². The van der Waals surface area contributed by atoms with Crippen LogP contribution in [0.25, 0.3) is 0 Å². The van der Waals surface area contributed by atoms with Crippen LogP contribution >= 0.6 is 12.4 Å². The van der Waals surface area contributed by atoms with Crippen molar-refractivity contribution in [3.63, 3.8) is 0 Å². The number of rotatable bonds is 5. The number of carbonyl (C=O) groups is 1. The number of benzene rings is 1. The standard InChI is InChI=1S/C15H24N2O.ClH/c1-10(2)14(16)15(18)17-12(4)9-13-8-6-5-7-11(13)3;/h5-8,10,12,14H,9,16H2,1-4H3,(H,17,18);1H/t12?,14-;/m1./s1. The molecule has 0 bridgehead atoms. The number of aryl methyl sites for hydroxylation is 1. The summed E-state index contributed by atoms with van der Waals surface area (Å²) in [4.78, 5) is 11.8. The maximum Gasteiger partial charge on any atom is 0.237 e. The number of hydrogen-bond donors (Lipinski definition) is 2. The van der Waals surface area contributed by atoms with Crippen molar-refractivity contribution in [1.82, 2.24) is 5.32 Å². The molecule has 19 heavy (non-hydrogen) atoms. The third-order valence-electron chi connectivity index (χ3n) is 3.20. The van der Waals surface area contributed by atoms with E-state index < -0.39 is 6.04 Å². The highest BCUT2D eigenvalue weighted by Gasteiger charge is 2.18. The van der Waals surface area contributed by atoms with Gasteiger partial charge in [-0.3, -0.25) is 4.79 Å². The van der Waals surface area contributed by atoms with E-state index in [1.165, 1.54) is 11.1 Å². The first-order valence-electron chi connectivity index (χ1n) is 6.52.